The van der Waals surface area contributed by atoms with Gasteiger partial charge in [0.1, 0.15) is 11.5 Å². The second kappa shape index (κ2) is 9.01. The number of amides is 1. The van der Waals surface area contributed by atoms with Gasteiger partial charge in [-0.1, -0.05) is 6.07 Å². The van der Waals surface area contributed by atoms with E-state index in [9.17, 15) is 18.0 Å². The first kappa shape index (κ1) is 21.8. The fraction of sp³-hybridized carbons (Fsp3) is 0.273. The molecule has 1 aromatic carbocycles. The lowest BCUT2D eigenvalue weighted by Crippen LogP contribution is -2.50. The number of nitrogens with zero attached hydrogens (tertiary/aromatic N) is 3. The van der Waals surface area contributed by atoms with E-state index < -0.39 is 10.0 Å². The van der Waals surface area contributed by atoms with Crippen LogP contribution < -0.4 is 10.3 Å². The van der Waals surface area contributed by atoms with Gasteiger partial charge in [0.15, 0.2) is 5.76 Å². The summed E-state index contributed by atoms with van der Waals surface area (Å²) in [6, 6.07) is 14.3. The average molecular weight is 458 g/mol. The molecule has 0 spiro atoms. The van der Waals surface area contributed by atoms with Crippen LogP contribution in [0.4, 0.5) is 0 Å². The van der Waals surface area contributed by atoms with Crippen molar-refractivity contribution in [3.8, 4) is 5.75 Å². The van der Waals surface area contributed by atoms with Gasteiger partial charge in [-0.2, -0.15) is 4.31 Å². The van der Waals surface area contributed by atoms with E-state index in [-0.39, 0.29) is 54.8 Å². The zero-order valence-electron chi connectivity index (χ0n) is 17.5. The van der Waals surface area contributed by atoms with Crippen molar-refractivity contribution >= 4 is 15.9 Å². The van der Waals surface area contributed by atoms with Crippen LogP contribution in [0, 0.1) is 0 Å². The van der Waals surface area contributed by atoms with Crippen molar-refractivity contribution in [1.29, 1.82) is 0 Å². The van der Waals surface area contributed by atoms with Crippen molar-refractivity contribution in [2.45, 2.75) is 11.4 Å². The van der Waals surface area contributed by atoms with E-state index in [1.165, 1.54) is 34.2 Å². The summed E-state index contributed by atoms with van der Waals surface area (Å²) in [5, 5.41) is 0. The quantitative estimate of drug-likeness (QED) is 0.558. The Morgan fingerprint density at radius 2 is 1.72 bits per heavy atom. The standard InChI is InChI=1S/C22H23N3O6S/c1-30-17-5-8-19(9-6-17)32(28,29)25-14-12-23(13-15-25)22(27)20-10-7-18(31-20)16-24-11-3-2-4-21(24)26/h2-11H,12-16H2,1H3. The summed E-state index contributed by atoms with van der Waals surface area (Å²) in [7, 11) is -2.13. The number of pyridine rings is 1. The highest BCUT2D eigenvalue weighted by molar-refractivity contribution is 7.89. The van der Waals surface area contributed by atoms with Gasteiger partial charge >= 0.3 is 0 Å². The molecule has 1 fully saturated rings. The number of ether oxygens (including phenoxy) is 1. The summed E-state index contributed by atoms with van der Waals surface area (Å²) in [5.74, 6) is 0.922. The Morgan fingerprint density at radius 1 is 1.00 bits per heavy atom. The second-order valence-electron chi connectivity index (χ2n) is 7.30. The molecule has 0 N–H and O–H groups in total. The zero-order valence-corrected chi connectivity index (χ0v) is 18.3. The van der Waals surface area contributed by atoms with Crippen LogP contribution in [0.25, 0.3) is 0 Å². The number of hydrogen-bond donors (Lipinski definition) is 0. The van der Waals surface area contributed by atoms with Crippen LogP contribution in [0.2, 0.25) is 0 Å². The van der Waals surface area contributed by atoms with Crippen LogP contribution in [0.3, 0.4) is 0 Å². The van der Waals surface area contributed by atoms with Gasteiger partial charge in [-0.25, -0.2) is 8.42 Å². The third kappa shape index (κ3) is 4.46. The first-order valence-electron chi connectivity index (χ1n) is 10.1. The van der Waals surface area contributed by atoms with Crippen molar-refractivity contribution in [3.05, 3.63) is 82.7 Å². The van der Waals surface area contributed by atoms with Gasteiger partial charge in [0.05, 0.1) is 18.6 Å². The van der Waals surface area contributed by atoms with Crippen molar-refractivity contribution in [2.24, 2.45) is 0 Å². The molecule has 1 aliphatic heterocycles. The van der Waals surface area contributed by atoms with E-state index in [1.807, 2.05) is 0 Å². The molecule has 10 heteroatoms. The minimum absolute atomic E-state index is 0.161. The highest BCUT2D eigenvalue weighted by Gasteiger charge is 2.31. The van der Waals surface area contributed by atoms with E-state index in [0.717, 1.165) is 0 Å². The maximum atomic E-state index is 12.9. The Labute approximate surface area is 185 Å². The van der Waals surface area contributed by atoms with Crippen LogP contribution in [0.15, 0.2) is 74.9 Å². The first-order chi connectivity index (χ1) is 15.4. The monoisotopic (exact) mass is 457 g/mol. The van der Waals surface area contributed by atoms with Gasteiger partial charge in [0.2, 0.25) is 10.0 Å². The van der Waals surface area contributed by atoms with E-state index in [4.69, 9.17) is 9.15 Å². The maximum Gasteiger partial charge on any atom is 0.289 e. The summed E-state index contributed by atoms with van der Waals surface area (Å²) in [6.45, 7) is 1.10. The predicted octanol–water partition coefficient (Wildman–Crippen LogP) is 1.64. The third-order valence-corrected chi connectivity index (χ3v) is 7.23. The molecule has 2 aromatic heterocycles. The largest absolute Gasteiger partial charge is 0.497 e. The number of sulfonamides is 1. The van der Waals surface area contributed by atoms with Gasteiger partial charge in [-0.15, -0.1) is 0 Å². The molecule has 0 radical (unpaired) electrons. The zero-order chi connectivity index (χ0) is 22.7. The lowest BCUT2D eigenvalue weighted by Gasteiger charge is -2.33. The number of carbonyl (C=O) groups excluding carboxylic acids is 1. The Bertz CT molecular complexity index is 1260. The number of piperazine rings is 1. The first-order valence-corrected chi connectivity index (χ1v) is 11.5. The van der Waals surface area contributed by atoms with Gasteiger partial charge in [0.25, 0.3) is 11.5 Å². The molecule has 1 aliphatic rings. The fourth-order valence-corrected chi connectivity index (χ4v) is 4.94. The molecule has 1 amide bonds. The maximum absolute atomic E-state index is 12.9. The number of methoxy groups -OCH3 is 1. The summed E-state index contributed by atoms with van der Waals surface area (Å²) in [4.78, 5) is 26.4. The molecule has 4 rings (SSSR count). The molecule has 0 atom stereocenters. The molecular formula is C22H23N3O6S. The average Bonchev–Trinajstić information content (AvgIpc) is 3.29. The molecule has 0 aliphatic carbocycles. The van der Waals surface area contributed by atoms with Crippen LogP contribution in [-0.4, -0.2) is 61.4 Å². The molecule has 0 unspecified atom stereocenters. The smallest absolute Gasteiger partial charge is 0.289 e. The van der Waals surface area contributed by atoms with Crippen molar-refractivity contribution < 1.29 is 22.4 Å². The SMILES string of the molecule is COc1ccc(S(=O)(=O)N2CCN(C(=O)c3ccc(Cn4ccccc4=O)o3)CC2)cc1. The number of furan rings is 1. The van der Waals surface area contributed by atoms with Gasteiger partial charge < -0.3 is 18.6 Å². The molecule has 168 valence electrons. The number of carbonyl (C=O) groups is 1. The van der Waals surface area contributed by atoms with Crippen molar-refractivity contribution in [1.82, 2.24) is 13.8 Å². The minimum atomic E-state index is -3.65. The van der Waals surface area contributed by atoms with Gasteiger partial charge in [0, 0.05) is 38.4 Å². The minimum Gasteiger partial charge on any atom is -0.497 e. The van der Waals surface area contributed by atoms with Crippen LogP contribution in [-0.2, 0) is 16.6 Å². The molecule has 9 nitrogen and oxygen atoms in total. The third-order valence-electron chi connectivity index (χ3n) is 5.32. The highest BCUT2D eigenvalue weighted by atomic mass is 32.2. The molecule has 3 aromatic rings. The highest BCUT2D eigenvalue weighted by Crippen LogP contribution is 2.21. The Hall–Kier alpha value is -3.37. The van der Waals surface area contributed by atoms with Gasteiger partial charge in [-0.3, -0.25) is 9.59 Å². The molecule has 0 saturated carbocycles. The van der Waals surface area contributed by atoms with Gasteiger partial charge in [-0.05, 0) is 42.5 Å². The number of aromatic nitrogens is 1. The van der Waals surface area contributed by atoms with E-state index in [2.05, 4.69) is 0 Å². The molecule has 3 heterocycles. The van der Waals surface area contributed by atoms with Crippen molar-refractivity contribution in [3.63, 3.8) is 0 Å². The van der Waals surface area contributed by atoms with E-state index in [1.54, 1.807) is 47.5 Å². The molecule has 32 heavy (non-hydrogen) atoms. The Kier molecular flexibility index (Phi) is 6.15. The Morgan fingerprint density at radius 3 is 2.38 bits per heavy atom. The number of hydrogen-bond acceptors (Lipinski definition) is 6. The lowest BCUT2D eigenvalue weighted by molar-refractivity contribution is 0.0664. The second-order valence-corrected chi connectivity index (χ2v) is 9.24. The lowest BCUT2D eigenvalue weighted by atomic mass is 10.3. The topological polar surface area (TPSA) is 102 Å². The summed E-state index contributed by atoms with van der Waals surface area (Å²) >= 11 is 0. The van der Waals surface area contributed by atoms with Crippen LogP contribution in [0.5, 0.6) is 5.75 Å². The predicted molar refractivity (Wildman–Crippen MR) is 116 cm³/mol. The van der Waals surface area contributed by atoms with E-state index in [0.29, 0.717) is 11.5 Å². The van der Waals surface area contributed by atoms with E-state index >= 15 is 0 Å². The number of benzene rings is 1. The van der Waals surface area contributed by atoms with Crippen molar-refractivity contribution in [2.75, 3.05) is 33.3 Å². The molecule has 1 saturated heterocycles. The molecule has 0 bridgehead atoms. The normalized spacial score (nSPS) is 15.0. The summed E-state index contributed by atoms with van der Waals surface area (Å²) < 4.78 is 39.3. The fourth-order valence-electron chi connectivity index (χ4n) is 3.52. The van der Waals surface area contributed by atoms with Crippen LogP contribution in [0.1, 0.15) is 16.3 Å². The number of rotatable bonds is 6. The molecular weight excluding hydrogens is 434 g/mol. The summed E-state index contributed by atoms with van der Waals surface area (Å²) in [6.07, 6.45) is 1.65. The van der Waals surface area contributed by atoms with Crippen LogP contribution >= 0.6 is 0 Å². The Balaban J connectivity index is 1.39. The summed E-state index contributed by atoms with van der Waals surface area (Å²) in [5.41, 5.74) is -0.161.